The number of nitrogens with one attached hydrogen (secondary N) is 1. The fourth-order valence-electron chi connectivity index (χ4n) is 2.41. The number of anilines is 2. The molecular formula is C18H20FN5O2. The second kappa shape index (κ2) is 7.49. The molecule has 0 aliphatic heterocycles. The third-order valence-electron chi connectivity index (χ3n) is 3.82. The molecule has 0 saturated heterocycles. The Bertz CT molecular complexity index is 883. The molecule has 0 saturated carbocycles. The van der Waals surface area contributed by atoms with Crippen molar-refractivity contribution in [1.82, 2.24) is 20.2 Å². The van der Waals surface area contributed by atoms with Crippen LogP contribution in [-0.2, 0) is 0 Å². The second-order valence-corrected chi connectivity index (χ2v) is 6.02. The molecule has 136 valence electrons. The van der Waals surface area contributed by atoms with E-state index in [4.69, 9.17) is 4.74 Å². The van der Waals surface area contributed by atoms with Crippen LogP contribution in [0.2, 0.25) is 0 Å². The number of hydrogen-bond acceptors (Lipinski definition) is 6. The normalized spacial score (nSPS) is 12.0. The molecule has 8 heteroatoms. The van der Waals surface area contributed by atoms with E-state index in [-0.39, 0.29) is 12.4 Å². The van der Waals surface area contributed by atoms with E-state index in [1.54, 1.807) is 36.5 Å². The number of rotatable bonds is 6. The van der Waals surface area contributed by atoms with Gasteiger partial charge in [-0.25, -0.2) is 14.4 Å². The minimum Gasteiger partial charge on any atom is -0.488 e. The summed E-state index contributed by atoms with van der Waals surface area (Å²) < 4.78 is 19.6. The Kier molecular flexibility index (Phi) is 5.13. The van der Waals surface area contributed by atoms with Crippen LogP contribution < -0.4 is 9.64 Å². The number of nitrogens with zero attached hydrogens (tertiary/aromatic N) is 4. The number of halogens is 1. The Labute approximate surface area is 150 Å². The van der Waals surface area contributed by atoms with Gasteiger partial charge < -0.3 is 14.7 Å². The van der Waals surface area contributed by atoms with E-state index in [1.807, 2.05) is 14.0 Å². The summed E-state index contributed by atoms with van der Waals surface area (Å²) in [5.41, 5.74) is 2.89. The van der Waals surface area contributed by atoms with Gasteiger partial charge >= 0.3 is 0 Å². The van der Waals surface area contributed by atoms with E-state index in [2.05, 4.69) is 20.2 Å². The van der Waals surface area contributed by atoms with Crippen LogP contribution in [-0.4, -0.2) is 45.0 Å². The number of benzene rings is 1. The Hall–Kier alpha value is -3.00. The summed E-state index contributed by atoms with van der Waals surface area (Å²) in [4.78, 5) is 10.7. The van der Waals surface area contributed by atoms with Crippen LogP contribution >= 0.6 is 0 Å². The van der Waals surface area contributed by atoms with Gasteiger partial charge in [0.1, 0.15) is 6.61 Å². The molecule has 0 radical (unpaired) electrons. The van der Waals surface area contributed by atoms with Gasteiger partial charge in [0.15, 0.2) is 11.6 Å². The maximum Gasteiger partial charge on any atom is 0.230 e. The molecule has 26 heavy (non-hydrogen) atoms. The van der Waals surface area contributed by atoms with Gasteiger partial charge in [-0.1, -0.05) is 0 Å². The summed E-state index contributed by atoms with van der Waals surface area (Å²) in [6, 6.07) is 4.64. The summed E-state index contributed by atoms with van der Waals surface area (Å²) >= 11 is 0. The van der Waals surface area contributed by atoms with E-state index >= 15 is 0 Å². The second-order valence-electron chi connectivity index (χ2n) is 6.02. The van der Waals surface area contributed by atoms with E-state index in [0.29, 0.717) is 17.2 Å². The van der Waals surface area contributed by atoms with Crippen molar-refractivity contribution >= 4 is 11.6 Å². The lowest BCUT2D eigenvalue weighted by molar-refractivity contribution is 0.120. The molecule has 0 spiro atoms. The fourth-order valence-corrected chi connectivity index (χ4v) is 2.41. The van der Waals surface area contributed by atoms with Crippen molar-refractivity contribution in [2.45, 2.75) is 20.0 Å². The lowest BCUT2D eigenvalue weighted by atomic mass is 10.1. The van der Waals surface area contributed by atoms with Crippen LogP contribution in [0.15, 0.2) is 36.8 Å². The number of aromatic nitrogens is 4. The Morgan fingerprint density at radius 1 is 1.35 bits per heavy atom. The van der Waals surface area contributed by atoms with Crippen LogP contribution in [0.4, 0.5) is 16.0 Å². The first-order valence-electron chi connectivity index (χ1n) is 8.12. The number of aryl methyl sites for hydroxylation is 1. The van der Waals surface area contributed by atoms with Gasteiger partial charge in [0.2, 0.25) is 5.95 Å². The van der Waals surface area contributed by atoms with Gasteiger partial charge in [-0.05, 0) is 37.6 Å². The maximum absolute atomic E-state index is 14.3. The number of aromatic amines is 1. The highest BCUT2D eigenvalue weighted by atomic mass is 19.1. The van der Waals surface area contributed by atoms with Crippen LogP contribution in [0.25, 0.3) is 11.3 Å². The van der Waals surface area contributed by atoms with Gasteiger partial charge in [0.05, 0.1) is 23.7 Å². The van der Waals surface area contributed by atoms with Crippen molar-refractivity contribution < 1.29 is 14.2 Å². The van der Waals surface area contributed by atoms with Gasteiger partial charge in [-0.3, -0.25) is 5.10 Å². The van der Waals surface area contributed by atoms with E-state index in [0.717, 1.165) is 11.3 Å². The minimum atomic E-state index is -0.667. The monoisotopic (exact) mass is 357 g/mol. The van der Waals surface area contributed by atoms with Gasteiger partial charge in [0.25, 0.3) is 0 Å². The van der Waals surface area contributed by atoms with Gasteiger partial charge in [0, 0.05) is 25.0 Å². The summed E-state index contributed by atoms with van der Waals surface area (Å²) in [7, 11) is 1.83. The number of aliphatic hydroxyl groups is 1. The van der Waals surface area contributed by atoms with Crippen molar-refractivity contribution in [3.63, 3.8) is 0 Å². The topological polar surface area (TPSA) is 87.2 Å². The lowest BCUT2D eigenvalue weighted by Gasteiger charge is -2.16. The van der Waals surface area contributed by atoms with Crippen LogP contribution in [0.3, 0.4) is 0 Å². The standard InChI is InChI=1S/C18H20FN5O2/c1-11-7-20-18(24(3)14-8-21-22-9-14)23-17(11)13-4-5-16(15(19)6-13)26-10-12(2)25/h4-9,12,25H,10H2,1-3H3,(H,21,22). The summed E-state index contributed by atoms with van der Waals surface area (Å²) in [6.07, 6.45) is 4.43. The zero-order valence-corrected chi connectivity index (χ0v) is 14.8. The lowest BCUT2D eigenvalue weighted by Crippen LogP contribution is -2.14. The summed E-state index contributed by atoms with van der Waals surface area (Å²) in [5.74, 6) is 0.0600. The Morgan fingerprint density at radius 2 is 2.15 bits per heavy atom. The largest absolute Gasteiger partial charge is 0.488 e. The average molecular weight is 357 g/mol. The van der Waals surface area contributed by atoms with Crippen LogP contribution in [0, 0.1) is 12.7 Å². The van der Waals surface area contributed by atoms with Crippen LogP contribution in [0.5, 0.6) is 5.75 Å². The van der Waals surface area contributed by atoms with Crippen molar-refractivity contribution in [1.29, 1.82) is 0 Å². The van der Waals surface area contributed by atoms with Crippen molar-refractivity contribution in [2.24, 2.45) is 0 Å². The predicted molar refractivity (Wildman–Crippen MR) is 96.0 cm³/mol. The van der Waals surface area contributed by atoms with Gasteiger partial charge in [-0.2, -0.15) is 5.10 Å². The number of hydrogen-bond donors (Lipinski definition) is 2. The highest BCUT2D eigenvalue weighted by molar-refractivity contribution is 5.66. The average Bonchev–Trinajstić information content (AvgIpc) is 3.15. The van der Waals surface area contributed by atoms with Crippen molar-refractivity contribution in [3.05, 3.63) is 48.2 Å². The highest BCUT2D eigenvalue weighted by Crippen LogP contribution is 2.28. The van der Waals surface area contributed by atoms with Crippen LogP contribution in [0.1, 0.15) is 12.5 Å². The quantitative estimate of drug-likeness (QED) is 0.705. The number of ether oxygens (including phenoxy) is 1. The molecule has 1 atom stereocenters. The Balaban J connectivity index is 1.91. The van der Waals surface area contributed by atoms with E-state index < -0.39 is 11.9 Å². The number of aliphatic hydroxyl groups excluding tert-OH is 1. The molecule has 2 heterocycles. The van der Waals surface area contributed by atoms with Crippen molar-refractivity contribution in [2.75, 3.05) is 18.6 Å². The van der Waals surface area contributed by atoms with E-state index in [9.17, 15) is 9.50 Å². The number of H-pyrrole nitrogens is 1. The van der Waals surface area contributed by atoms with Crippen molar-refractivity contribution in [3.8, 4) is 17.0 Å². The molecule has 2 aromatic heterocycles. The SMILES string of the molecule is Cc1cnc(N(C)c2cn[nH]c2)nc1-c1ccc(OCC(C)O)c(F)c1. The minimum absolute atomic E-state index is 0.0302. The van der Waals surface area contributed by atoms with Gasteiger partial charge in [-0.15, -0.1) is 0 Å². The molecule has 3 rings (SSSR count). The highest BCUT2D eigenvalue weighted by Gasteiger charge is 2.14. The molecule has 7 nitrogen and oxygen atoms in total. The molecule has 0 fully saturated rings. The maximum atomic E-state index is 14.3. The zero-order valence-electron chi connectivity index (χ0n) is 14.8. The molecule has 0 aliphatic carbocycles. The predicted octanol–water partition coefficient (Wildman–Crippen LogP) is 2.84. The smallest absolute Gasteiger partial charge is 0.230 e. The fraction of sp³-hybridized carbons (Fsp3) is 0.278. The van der Waals surface area contributed by atoms with E-state index in [1.165, 1.54) is 12.1 Å². The first-order chi connectivity index (χ1) is 12.5. The third-order valence-corrected chi connectivity index (χ3v) is 3.82. The molecule has 1 unspecified atom stereocenters. The molecule has 0 bridgehead atoms. The first kappa shape index (κ1) is 17.8. The summed E-state index contributed by atoms with van der Waals surface area (Å²) in [6.45, 7) is 3.48. The Morgan fingerprint density at radius 3 is 2.81 bits per heavy atom. The molecule has 3 aromatic rings. The molecule has 2 N–H and O–H groups in total. The zero-order chi connectivity index (χ0) is 18.7. The summed E-state index contributed by atoms with van der Waals surface area (Å²) in [5, 5.41) is 15.9. The molecular weight excluding hydrogens is 337 g/mol. The molecule has 0 amide bonds. The first-order valence-corrected chi connectivity index (χ1v) is 8.12. The molecule has 0 aliphatic rings. The molecule has 1 aromatic carbocycles. The third kappa shape index (κ3) is 3.80.